The number of hydrogen-bond donors (Lipinski definition) is 4. The third kappa shape index (κ3) is 2.42. The van der Waals surface area contributed by atoms with Crippen LogP contribution in [0, 0.1) is 11.8 Å². The van der Waals surface area contributed by atoms with Gasteiger partial charge in [-0.25, -0.2) is 15.0 Å². The standard InChI is InChI=1S/C17H23N5O4/c23-5-11-13(24)14(25)17(26-11)22-7-20-12-15(18-6-19-16(12)22)21-10-4-8-1-2-9(10)3-8/h6-11,13-14,17,23-25H,1-5H2,(H,18,19,21)/t8-,9?,10-,11+,13+,14+,17+/m0/s1. The van der Waals surface area contributed by atoms with E-state index in [2.05, 4.69) is 20.3 Å². The number of aliphatic hydroxyl groups excluding tert-OH is 3. The lowest BCUT2D eigenvalue weighted by molar-refractivity contribution is -0.0511. The first-order chi connectivity index (χ1) is 12.7. The summed E-state index contributed by atoms with van der Waals surface area (Å²) in [6.45, 7) is -0.368. The molecule has 7 atom stereocenters. The van der Waals surface area contributed by atoms with E-state index in [0.717, 1.165) is 5.92 Å². The molecule has 0 amide bonds. The third-order valence-electron chi connectivity index (χ3n) is 6.21. The van der Waals surface area contributed by atoms with Gasteiger partial charge in [0, 0.05) is 6.04 Å². The van der Waals surface area contributed by atoms with E-state index < -0.39 is 24.5 Å². The number of aromatic nitrogens is 4. The molecule has 140 valence electrons. The molecule has 1 aliphatic heterocycles. The summed E-state index contributed by atoms with van der Waals surface area (Å²) < 4.78 is 7.18. The average Bonchev–Trinajstić information content (AvgIpc) is 3.41. The molecule has 2 aromatic rings. The first-order valence-corrected chi connectivity index (χ1v) is 9.22. The predicted molar refractivity (Wildman–Crippen MR) is 91.2 cm³/mol. The van der Waals surface area contributed by atoms with Gasteiger partial charge in [0.05, 0.1) is 12.9 Å². The Hall–Kier alpha value is -1.81. The molecule has 0 radical (unpaired) electrons. The van der Waals surface area contributed by atoms with Crippen molar-refractivity contribution in [1.29, 1.82) is 0 Å². The van der Waals surface area contributed by atoms with Gasteiger partial charge in [-0.15, -0.1) is 0 Å². The van der Waals surface area contributed by atoms with Gasteiger partial charge < -0.3 is 25.4 Å². The Balaban J connectivity index is 1.44. The summed E-state index contributed by atoms with van der Waals surface area (Å²) in [6, 6.07) is 0.422. The maximum atomic E-state index is 10.3. The van der Waals surface area contributed by atoms with Crippen LogP contribution in [0.1, 0.15) is 31.9 Å². The van der Waals surface area contributed by atoms with Gasteiger partial charge in [0.1, 0.15) is 24.6 Å². The molecule has 2 aliphatic carbocycles. The van der Waals surface area contributed by atoms with E-state index in [4.69, 9.17) is 4.74 Å². The van der Waals surface area contributed by atoms with Crippen molar-refractivity contribution in [3.63, 3.8) is 0 Å². The van der Waals surface area contributed by atoms with E-state index in [-0.39, 0.29) is 6.61 Å². The topological polar surface area (TPSA) is 126 Å². The van der Waals surface area contributed by atoms with Crippen LogP contribution in [0.3, 0.4) is 0 Å². The number of aliphatic hydroxyl groups is 3. The Bertz CT molecular complexity index is 814. The van der Waals surface area contributed by atoms with Crippen LogP contribution < -0.4 is 5.32 Å². The molecule has 2 aromatic heterocycles. The number of nitrogens with zero attached hydrogens (tertiary/aromatic N) is 4. The largest absolute Gasteiger partial charge is 0.394 e. The molecule has 5 rings (SSSR count). The minimum atomic E-state index is -1.17. The van der Waals surface area contributed by atoms with Crippen molar-refractivity contribution in [3.8, 4) is 0 Å². The Kier molecular flexibility index (Phi) is 3.85. The van der Waals surface area contributed by atoms with E-state index >= 15 is 0 Å². The normalized spacial score (nSPS) is 39.1. The number of fused-ring (bicyclic) bond motifs is 3. The van der Waals surface area contributed by atoms with Crippen LogP contribution in [0.25, 0.3) is 11.2 Å². The smallest absolute Gasteiger partial charge is 0.167 e. The third-order valence-corrected chi connectivity index (χ3v) is 6.21. The summed E-state index contributed by atoms with van der Waals surface area (Å²) in [5.74, 6) is 2.22. The molecule has 3 heterocycles. The van der Waals surface area contributed by atoms with Crippen molar-refractivity contribution < 1.29 is 20.1 Å². The Morgan fingerprint density at radius 1 is 1.15 bits per heavy atom. The second kappa shape index (κ2) is 6.12. The molecule has 26 heavy (non-hydrogen) atoms. The number of hydrogen-bond acceptors (Lipinski definition) is 8. The molecule has 2 bridgehead atoms. The fraction of sp³-hybridized carbons (Fsp3) is 0.706. The van der Waals surface area contributed by atoms with Crippen molar-refractivity contribution in [2.24, 2.45) is 11.8 Å². The lowest BCUT2D eigenvalue weighted by Crippen LogP contribution is -2.33. The van der Waals surface area contributed by atoms with Gasteiger partial charge >= 0.3 is 0 Å². The van der Waals surface area contributed by atoms with Crippen LogP contribution in [0.4, 0.5) is 5.82 Å². The fourth-order valence-corrected chi connectivity index (χ4v) is 4.85. The molecule has 9 nitrogen and oxygen atoms in total. The molecule has 3 aliphatic rings. The summed E-state index contributed by atoms with van der Waals surface area (Å²) in [4.78, 5) is 13.1. The molecule has 0 aromatic carbocycles. The molecular weight excluding hydrogens is 338 g/mol. The molecule has 1 unspecified atom stereocenters. The zero-order valence-corrected chi connectivity index (χ0v) is 14.3. The number of anilines is 1. The molecule has 2 saturated carbocycles. The average molecular weight is 361 g/mol. The summed E-state index contributed by atoms with van der Waals surface area (Å²) in [5, 5.41) is 33.1. The second-order valence-corrected chi connectivity index (χ2v) is 7.70. The van der Waals surface area contributed by atoms with Crippen molar-refractivity contribution >= 4 is 17.0 Å². The predicted octanol–water partition coefficient (Wildman–Crippen LogP) is 0.0383. The van der Waals surface area contributed by atoms with Crippen LogP contribution in [-0.4, -0.2) is 65.8 Å². The minimum absolute atomic E-state index is 0.368. The van der Waals surface area contributed by atoms with E-state index in [1.807, 2.05) is 0 Å². The van der Waals surface area contributed by atoms with Crippen molar-refractivity contribution in [3.05, 3.63) is 12.7 Å². The zero-order chi connectivity index (χ0) is 17.8. The van der Waals surface area contributed by atoms with Crippen molar-refractivity contribution in [1.82, 2.24) is 19.5 Å². The van der Waals surface area contributed by atoms with Gasteiger partial charge in [0.25, 0.3) is 0 Å². The van der Waals surface area contributed by atoms with Crippen LogP contribution in [0.2, 0.25) is 0 Å². The Labute approximate surface area is 150 Å². The quantitative estimate of drug-likeness (QED) is 0.601. The SMILES string of the molecule is OC[C@H]1O[C@@H](n2cnc3c(N[C@H]4C[C@H]5CCC4C5)ncnc32)[C@H](O)[C@@H]1O. The van der Waals surface area contributed by atoms with E-state index in [0.29, 0.717) is 28.9 Å². The maximum Gasteiger partial charge on any atom is 0.167 e. The van der Waals surface area contributed by atoms with Gasteiger partial charge in [-0.2, -0.15) is 0 Å². The summed E-state index contributed by atoms with van der Waals surface area (Å²) in [5.41, 5.74) is 1.15. The molecule has 9 heteroatoms. The van der Waals surface area contributed by atoms with Gasteiger partial charge in [-0.05, 0) is 31.1 Å². The first kappa shape index (κ1) is 16.4. The zero-order valence-electron chi connectivity index (χ0n) is 14.3. The lowest BCUT2D eigenvalue weighted by Gasteiger charge is -2.23. The van der Waals surface area contributed by atoms with Gasteiger partial charge in [0.2, 0.25) is 0 Å². The molecule has 4 N–H and O–H groups in total. The highest BCUT2D eigenvalue weighted by Gasteiger charge is 2.44. The van der Waals surface area contributed by atoms with E-state index in [1.54, 1.807) is 4.57 Å². The lowest BCUT2D eigenvalue weighted by atomic mass is 9.95. The van der Waals surface area contributed by atoms with Crippen LogP contribution >= 0.6 is 0 Å². The van der Waals surface area contributed by atoms with Gasteiger partial charge in [-0.3, -0.25) is 4.57 Å². The first-order valence-electron chi connectivity index (χ1n) is 9.22. The number of rotatable bonds is 4. The van der Waals surface area contributed by atoms with Gasteiger partial charge in [0.15, 0.2) is 23.2 Å². The highest BCUT2D eigenvalue weighted by atomic mass is 16.6. The van der Waals surface area contributed by atoms with Crippen LogP contribution in [0.15, 0.2) is 12.7 Å². The minimum Gasteiger partial charge on any atom is -0.394 e. The summed E-state index contributed by atoms with van der Waals surface area (Å²) in [7, 11) is 0. The second-order valence-electron chi connectivity index (χ2n) is 7.70. The Morgan fingerprint density at radius 3 is 2.73 bits per heavy atom. The number of imidazole rings is 1. The molecule has 1 saturated heterocycles. The summed E-state index contributed by atoms with van der Waals surface area (Å²) in [6.07, 6.45) is 4.07. The van der Waals surface area contributed by atoms with Crippen molar-refractivity contribution in [2.75, 3.05) is 11.9 Å². The highest BCUT2D eigenvalue weighted by Crippen LogP contribution is 2.45. The highest BCUT2D eigenvalue weighted by molar-refractivity contribution is 5.82. The number of nitrogens with one attached hydrogen (secondary N) is 1. The van der Waals surface area contributed by atoms with Crippen molar-refractivity contribution in [2.45, 2.75) is 56.3 Å². The van der Waals surface area contributed by atoms with E-state index in [9.17, 15) is 15.3 Å². The maximum absolute atomic E-state index is 10.3. The summed E-state index contributed by atoms with van der Waals surface area (Å²) >= 11 is 0. The van der Waals surface area contributed by atoms with E-state index in [1.165, 1.54) is 38.3 Å². The van der Waals surface area contributed by atoms with Crippen LogP contribution in [-0.2, 0) is 4.74 Å². The monoisotopic (exact) mass is 361 g/mol. The number of ether oxygens (including phenoxy) is 1. The fourth-order valence-electron chi connectivity index (χ4n) is 4.85. The van der Waals surface area contributed by atoms with Crippen LogP contribution in [0.5, 0.6) is 0 Å². The Morgan fingerprint density at radius 2 is 2.04 bits per heavy atom. The molecular formula is C17H23N5O4. The molecule has 3 fully saturated rings. The van der Waals surface area contributed by atoms with Gasteiger partial charge in [-0.1, -0.05) is 6.42 Å². The molecule has 0 spiro atoms.